The molecule has 0 aromatic heterocycles. The Hall–Kier alpha value is -2.87. The molecule has 0 heterocycles. The van der Waals surface area contributed by atoms with Gasteiger partial charge in [0.2, 0.25) is 0 Å². The summed E-state index contributed by atoms with van der Waals surface area (Å²) in [6.07, 6.45) is -0.514. The van der Waals surface area contributed by atoms with E-state index < -0.39 is 18.4 Å². The van der Waals surface area contributed by atoms with Gasteiger partial charge in [-0.15, -0.1) is 0 Å². The molecule has 1 radical (unpaired) electrons. The van der Waals surface area contributed by atoms with Crippen LogP contribution in [0.25, 0.3) is 21.6 Å². The van der Waals surface area contributed by atoms with Crippen molar-refractivity contribution in [2.24, 2.45) is 4.30 Å². The number of carbonyl (C=O) groups excluding carboxylic acids is 2. The number of aliphatic carboxylic acids is 1. The van der Waals surface area contributed by atoms with Gasteiger partial charge in [0.15, 0.2) is 0 Å². The molecule has 3 rings (SSSR count). The molecule has 221 valence electrons. The minimum absolute atomic E-state index is 0. The fourth-order valence-electron chi connectivity index (χ4n) is 2.57. The number of allylic oxidation sites excluding steroid dienone is 2. The Morgan fingerprint density at radius 3 is 1.61 bits per heavy atom. The summed E-state index contributed by atoms with van der Waals surface area (Å²) in [5, 5.41) is 17.7. The van der Waals surface area contributed by atoms with Crippen molar-refractivity contribution in [1.29, 1.82) is 5.26 Å². The first-order valence-electron chi connectivity index (χ1n) is 12.4. The third kappa shape index (κ3) is 26.7. The van der Waals surface area contributed by atoms with E-state index in [1.807, 2.05) is 73.7 Å². The number of benzene rings is 3. The Labute approximate surface area is 318 Å². The van der Waals surface area contributed by atoms with E-state index in [-0.39, 0.29) is 64.5 Å². The molecule has 0 fully saturated rings. The smallest absolute Gasteiger partial charge is 0.455 e. The number of rotatable bonds is 8. The maximum absolute atomic E-state index is 10.9. The number of halogens is 1. The zero-order valence-electron chi connectivity index (χ0n) is 25.0. The van der Waals surface area contributed by atoms with E-state index in [0.717, 1.165) is 27.6 Å². The molecule has 0 N–H and O–H groups in total. The summed E-state index contributed by atoms with van der Waals surface area (Å²) < 4.78 is 7.54. The SMILES string of the molecule is C=C(C)c1ccccc1.C=C(CBr)c1ccccc1.N#CCC(=O)[O-].[B]=NS.[C-]#[N+]CC(=O)OCC(=C)c1ccccc1.[K+]. The number of alkyl halides is 1. The van der Waals surface area contributed by atoms with Crippen molar-refractivity contribution >= 4 is 65.0 Å². The van der Waals surface area contributed by atoms with Gasteiger partial charge in [-0.3, -0.25) is 0 Å². The zero-order valence-corrected chi connectivity index (χ0v) is 30.6. The second-order valence-electron chi connectivity index (χ2n) is 8.02. The minimum atomic E-state index is -1.32. The Morgan fingerprint density at radius 2 is 1.34 bits per heavy atom. The van der Waals surface area contributed by atoms with Gasteiger partial charge in [0, 0.05) is 5.33 Å². The Bertz CT molecular complexity index is 1360. The predicted molar refractivity (Wildman–Crippen MR) is 181 cm³/mol. The van der Waals surface area contributed by atoms with Gasteiger partial charge in [-0.1, -0.05) is 132 Å². The number of carbonyl (C=O) groups is 2. The van der Waals surface area contributed by atoms with E-state index in [9.17, 15) is 14.7 Å². The number of hydrogen-bond acceptors (Lipinski definition) is 7. The van der Waals surface area contributed by atoms with Gasteiger partial charge in [-0.2, -0.15) is 5.26 Å². The number of hydrogen-bond donors (Lipinski definition) is 1. The first-order valence-corrected chi connectivity index (χ1v) is 13.9. The van der Waals surface area contributed by atoms with Gasteiger partial charge < -0.3 is 19.5 Å². The molecule has 44 heavy (non-hydrogen) atoms. The van der Waals surface area contributed by atoms with Crippen LogP contribution < -0.4 is 56.5 Å². The molecule has 3 aromatic rings. The number of ether oxygens (including phenoxy) is 1. The largest absolute Gasteiger partial charge is 1.00 e. The maximum atomic E-state index is 10.9. The topological polar surface area (TPSA) is 107 Å². The summed E-state index contributed by atoms with van der Waals surface area (Å²) in [7, 11) is 4.34. The molecule has 0 amide bonds. The van der Waals surface area contributed by atoms with Gasteiger partial charge >= 0.3 is 88.7 Å². The predicted octanol–water partition coefficient (Wildman–Crippen LogP) is 3.81. The Morgan fingerprint density at radius 1 is 0.955 bits per heavy atom. The molecule has 0 saturated heterocycles. The van der Waals surface area contributed by atoms with Crippen LogP contribution in [0.5, 0.6) is 0 Å². The molecule has 0 aliphatic heterocycles. The van der Waals surface area contributed by atoms with Crippen molar-refractivity contribution in [2.45, 2.75) is 13.3 Å². The number of carboxylic acids is 1. The van der Waals surface area contributed by atoms with Crippen LogP contribution in [0.15, 0.2) is 115 Å². The molecule has 0 bridgehead atoms. The van der Waals surface area contributed by atoms with E-state index >= 15 is 0 Å². The van der Waals surface area contributed by atoms with Crippen LogP contribution in [-0.4, -0.2) is 38.1 Å². The molecule has 0 aliphatic carbocycles. The van der Waals surface area contributed by atoms with Gasteiger partial charge in [0.25, 0.3) is 0 Å². The van der Waals surface area contributed by atoms with Gasteiger partial charge in [0.05, 0.1) is 18.5 Å². The van der Waals surface area contributed by atoms with Crippen molar-refractivity contribution in [3.63, 3.8) is 0 Å². The zero-order chi connectivity index (χ0) is 32.9. The first-order chi connectivity index (χ1) is 20.6. The third-order valence-electron chi connectivity index (χ3n) is 4.63. The first kappa shape index (κ1) is 45.6. The third-order valence-corrected chi connectivity index (χ3v) is 5.31. The van der Waals surface area contributed by atoms with Crippen LogP contribution >= 0.6 is 28.7 Å². The van der Waals surface area contributed by atoms with Gasteiger partial charge in [-0.05, 0) is 34.8 Å². The normalized spacial score (nSPS) is 8.18. The Balaban J connectivity index is -0.000000512. The summed E-state index contributed by atoms with van der Waals surface area (Å²) in [6.45, 7) is 19.9. The molecule has 7 nitrogen and oxygen atoms in total. The maximum Gasteiger partial charge on any atom is 1.00 e. The van der Waals surface area contributed by atoms with Crippen LogP contribution in [0, 0.1) is 17.9 Å². The molecule has 3 aromatic carbocycles. The number of esters is 1. The number of thiol groups is 1. The average Bonchev–Trinajstić information content (AvgIpc) is 3.02. The summed E-state index contributed by atoms with van der Waals surface area (Å²) in [4.78, 5) is 23.1. The molecular weight excluding hydrogens is 664 g/mol. The van der Waals surface area contributed by atoms with E-state index in [1.54, 1.807) is 0 Å². The van der Waals surface area contributed by atoms with Crippen molar-refractivity contribution in [3.8, 4) is 6.07 Å². The number of nitrogens with zero attached hydrogens (tertiary/aromatic N) is 3. The summed E-state index contributed by atoms with van der Waals surface area (Å²) >= 11 is 6.54. The fraction of sp³-hybridized carbons (Fsp3) is 0.152. The molecular formula is C33H33BBrKN3O4S. The quantitative estimate of drug-likeness (QED) is 0.127. The number of carboxylic acid groups (broad SMARTS) is 1. The molecule has 0 spiro atoms. The summed E-state index contributed by atoms with van der Waals surface area (Å²) in [5.74, 6) is -1.83. The van der Waals surface area contributed by atoms with Crippen LogP contribution in [-0.2, 0) is 14.3 Å². The minimum Gasteiger partial charge on any atom is -0.455 e. The average molecular weight is 698 g/mol. The molecule has 0 unspecified atom stereocenters. The second-order valence-corrected chi connectivity index (χ2v) is 8.81. The van der Waals surface area contributed by atoms with Crippen LogP contribution in [0.1, 0.15) is 30.0 Å². The number of nitriles is 1. The fourth-order valence-corrected chi connectivity index (χ4v) is 2.90. The molecule has 0 saturated carbocycles. The second kappa shape index (κ2) is 31.6. The monoisotopic (exact) mass is 696 g/mol. The van der Waals surface area contributed by atoms with Crippen molar-refractivity contribution in [1.82, 2.24) is 0 Å². The molecule has 0 atom stereocenters. The summed E-state index contributed by atoms with van der Waals surface area (Å²) in [6, 6.07) is 31.2. The molecule has 11 heteroatoms. The molecule has 0 aliphatic rings. The van der Waals surface area contributed by atoms with Crippen molar-refractivity contribution in [3.05, 3.63) is 139 Å². The van der Waals surface area contributed by atoms with Gasteiger partial charge in [0.1, 0.15) is 6.61 Å². The van der Waals surface area contributed by atoms with E-state index in [1.165, 1.54) is 17.2 Å². The van der Waals surface area contributed by atoms with Crippen LogP contribution in [0.3, 0.4) is 0 Å². The van der Waals surface area contributed by atoms with Crippen molar-refractivity contribution in [2.75, 3.05) is 18.5 Å². The van der Waals surface area contributed by atoms with Crippen LogP contribution in [0.2, 0.25) is 0 Å². The van der Waals surface area contributed by atoms with E-state index in [0.29, 0.717) is 0 Å². The standard InChI is InChI=1S/C12H11NO2.C9H9Br.C9H10.C3H3NO2.BHNS.K/c1-10(9-15-12(14)8-13-2)11-6-4-3-5-7-11;1-8(7-10)9-5-3-2-4-6-9;1-8(2)9-6-4-3-5-7-9;4-2-1-3(5)6;1-2-3;/h3-7H,1,8-9H2;2-6H,1,7H2;3-7H,1H2,2H3;1H2,(H,5,6);3H;/q;;;;;+1/p-1. The van der Waals surface area contributed by atoms with Crippen LogP contribution in [0.4, 0.5) is 0 Å². The van der Waals surface area contributed by atoms with Crippen molar-refractivity contribution < 1.29 is 70.8 Å². The Kier molecular flexibility index (Phi) is 32.7. The summed E-state index contributed by atoms with van der Waals surface area (Å²) in [5.41, 5.74) is 6.34. The van der Waals surface area contributed by atoms with E-state index in [2.05, 4.69) is 89.5 Å². The van der Waals surface area contributed by atoms with Gasteiger partial charge in [-0.25, -0.2) is 11.4 Å². The van der Waals surface area contributed by atoms with E-state index in [4.69, 9.17) is 16.6 Å².